The lowest BCUT2D eigenvalue weighted by Gasteiger charge is -2.05. The molecule has 0 aliphatic heterocycles. The van der Waals surface area contributed by atoms with E-state index in [2.05, 4.69) is 15.5 Å². The number of nitrogens with one attached hydrogen (secondary N) is 1. The van der Waals surface area contributed by atoms with Crippen LogP contribution in [0.15, 0.2) is 65.7 Å². The van der Waals surface area contributed by atoms with Crippen LogP contribution in [0.25, 0.3) is 21.1 Å². The third kappa shape index (κ3) is 5.33. The van der Waals surface area contributed by atoms with Gasteiger partial charge >= 0.3 is 0 Å². The van der Waals surface area contributed by atoms with Gasteiger partial charge in [-0.15, -0.1) is 21.5 Å². The second-order valence-corrected chi connectivity index (χ2v) is 9.12. The van der Waals surface area contributed by atoms with E-state index in [4.69, 9.17) is 9.72 Å². The minimum absolute atomic E-state index is 0.0767. The van der Waals surface area contributed by atoms with Gasteiger partial charge in [-0.25, -0.2) is 4.98 Å². The number of aryl methyl sites for hydroxylation is 2. The van der Waals surface area contributed by atoms with Crippen LogP contribution >= 0.6 is 23.1 Å². The highest BCUT2D eigenvalue weighted by atomic mass is 32.2. The molecule has 0 spiro atoms. The van der Waals surface area contributed by atoms with Crippen molar-refractivity contribution < 1.29 is 9.53 Å². The zero-order valence-corrected chi connectivity index (χ0v) is 19.6. The predicted octanol–water partition coefficient (Wildman–Crippen LogP) is 5.62. The summed E-state index contributed by atoms with van der Waals surface area (Å²) < 4.78 is 5.22. The number of carbonyl (C=O) groups is 1. The van der Waals surface area contributed by atoms with Gasteiger partial charge in [0.2, 0.25) is 5.91 Å². The van der Waals surface area contributed by atoms with Crippen LogP contribution in [-0.2, 0) is 4.79 Å². The molecule has 2 aromatic carbocycles. The Kier molecular flexibility index (Phi) is 6.82. The van der Waals surface area contributed by atoms with Crippen LogP contribution in [0.1, 0.15) is 11.3 Å². The van der Waals surface area contributed by atoms with Crippen molar-refractivity contribution in [2.45, 2.75) is 18.9 Å². The number of carbonyl (C=O) groups excluding carboxylic acids is 1. The Bertz CT molecular complexity index is 1200. The lowest BCUT2D eigenvalue weighted by atomic mass is 10.2. The molecule has 2 aromatic heterocycles. The van der Waals surface area contributed by atoms with Gasteiger partial charge in [-0.3, -0.25) is 4.79 Å². The number of ether oxygens (including phenoxy) is 1. The molecule has 0 atom stereocenters. The summed E-state index contributed by atoms with van der Waals surface area (Å²) >= 11 is 2.93. The fraction of sp³-hybridized carbons (Fsp3) is 0.167. The van der Waals surface area contributed by atoms with Gasteiger partial charge in [0.1, 0.15) is 21.5 Å². The van der Waals surface area contributed by atoms with Crippen molar-refractivity contribution in [2.75, 3.05) is 18.2 Å². The number of thioether (sulfide) groups is 1. The molecular weight excluding hydrogens is 440 g/mol. The number of aromatic nitrogens is 3. The van der Waals surface area contributed by atoms with E-state index in [0.717, 1.165) is 43.8 Å². The van der Waals surface area contributed by atoms with Gasteiger partial charge in [0.15, 0.2) is 0 Å². The van der Waals surface area contributed by atoms with Crippen LogP contribution in [0.3, 0.4) is 0 Å². The molecule has 4 rings (SSSR count). The first kappa shape index (κ1) is 22.0. The molecule has 0 aliphatic rings. The van der Waals surface area contributed by atoms with Crippen molar-refractivity contribution >= 4 is 34.7 Å². The van der Waals surface area contributed by atoms with E-state index in [0.29, 0.717) is 5.03 Å². The lowest BCUT2D eigenvalue weighted by molar-refractivity contribution is -0.113. The molecule has 4 aromatic rings. The number of rotatable bonds is 7. The average Bonchev–Trinajstić information content (AvgIpc) is 3.21. The van der Waals surface area contributed by atoms with Crippen LogP contribution in [0.4, 0.5) is 5.69 Å². The van der Waals surface area contributed by atoms with Crippen molar-refractivity contribution in [3.05, 3.63) is 71.9 Å². The summed E-state index contributed by atoms with van der Waals surface area (Å²) in [5.74, 6) is 1.00. The van der Waals surface area contributed by atoms with E-state index in [-0.39, 0.29) is 11.7 Å². The monoisotopic (exact) mass is 462 g/mol. The maximum absolute atomic E-state index is 12.2. The maximum Gasteiger partial charge on any atom is 0.234 e. The minimum atomic E-state index is -0.0767. The highest BCUT2D eigenvalue weighted by Crippen LogP contribution is 2.35. The van der Waals surface area contributed by atoms with Crippen LogP contribution in [0.5, 0.6) is 5.75 Å². The maximum atomic E-state index is 12.2. The van der Waals surface area contributed by atoms with E-state index < -0.39 is 0 Å². The minimum Gasteiger partial charge on any atom is -0.497 e. The molecule has 0 saturated heterocycles. The Morgan fingerprint density at radius 1 is 1.00 bits per heavy atom. The zero-order valence-electron chi connectivity index (χ0n) is 18.0. The van der Waals surface area contributed by atoms with Gasteiger partial charge in [-0.1, -0.05) is 29.5 Å². The molecule has 0 unspecified atom stereocenters. The smallest absolute Gasteiger partial charge is 0.234 e. The second-order valence-electron chi connectivity index (χ2n) is 7.12. The lowest BCUT2D eigenvalue weighted by Crippen LogP contribution is -2.14. The topological polar surface area (TPSA) is 77.0 Å². The Balaban J connectivity index is 1.39. The summed E-state index contributed by atoms with van der Waals surface area (Å²) in [6.07, 6.45) is 0. The fourth-order valence-corrected chi connectivity index (χ4v) is 4.63. The zero-order chi connectivity index (χ0) is 22.5. The fourth-order valence-electron chi connectivity index (χ4n) is 2.98. The van der Waals surface area contributed by atoms with Crippen LogP contribution in [0.2, 0.25) is 0 Å². The number of benzene rings is 2. The number of hydrogen-bond acceptors (Lipinski definition) is 7. The summed E-state index contributed by atoms with van der Waals surface area (Å²) in [6.45, 7) is 3.98. The van der Waals surface area contributed by atoms with Gasteiger partial charge in [-0.05, 0) is 62.4 Å². The highest BCUT2D eigenvalue weighted by Gasteiger charge is 2.14. The van der Waals surface area contributed by atoms with E-state index in [1.165, 1.54) is 11.8 Å². The number of amides is 1. The number of nitrogens with zero attached hydrogens (tertiary/aromatic N) is 3. The molecule has 1 N–H and O–H groups in total. The van der Waals surface area contributed by atoms with Crippen LogP contribution in [-0.4, -0.2) is 34.0 Å². The molecule has 162 valence electrons. The van der Waals surface area contributed by atoms with Gasteiger partial charge in [0.25, 0.3) is 0 Å². The van der Waals surface area contributed by atoms with Crippen molar-refractivity contribution in [1.29, 1.82) is 0 Å². The predicted molar refractivity (Wildman–Crippen MR) is 130 cm³/mol. The first-order valence-electron chi connectivity index (χ1n) is 9.97. The summed E-state index contributed by atoms with van der Waals surface area (Å²) in [5.41, 5.74) is 4.65. The summed E-state index contributed by atoms with van der Waals surface area (Å²) in [6, 6.07) is 19.4. The molecule has 8 heteroatoms. The van der Waals surface area contributed by atoms with Crippen LogP contribution in [0, 0.1) is 13.8 Å². The average molecular weight is 463 g/mol. The number of thiazole rings is 1. The summed E-state index contributed by atoms with van der Waals surface area (Å²) in [7, 11) is 1.65. The number of hydrogen-bond donors (Lipinski definition) is 1. The van der Waals surface area contributed by atoms with Gasteiger partial charge < -0.3 is 10.1 Å². The number of methoxy groups -OCH3 is 1. The van der Waals surface area contributed by atoms with Crippen LogP contribution < -0.4 is 10.1 Å². The first-order chi connectivity index (χ1) is 15.5. The van der Waals surface area contributed by atoms with Crippen molar-refractivity contribution in [1.82, 2.24) is 15.2 Å². The molecule has 6 nitrogen and oxygen atoms in total. The normalized spacial score (nSPS) is 10.7. The largest absolute Gasteiger partial charge is 0.497 e. The molecule has 1 amide bonds. The van der Waals surface area contributed by atoms with E-state index in [9.17, 15) is 4.79 Å². The molecule has 0 bridgehead atoms. The summed E-state index contributed by atoms with van der Waals surface area (Å²) in [4.78, 5) is 17.9. The Morgan fingerprint density at radius 3 is 2.41 bits per heavy atom. The van der Waals surface area contributed by atoms with E-state index in [1.807, 2.05) is 74.5 Å². The highest BCUT2D eigenvalue weighted by molar-refractivity contribution is 7.99. The standard InChI is InChI=1S/C24H22N4O2S2/c1-15-4-8-18(9-5-15)26-21(29)14-31-22-13-12-20(27-28-22)23-16(2)25-24(32-23)17-6-10-19(30-3)11-7-17/h4-13H,14H2,1-3H3,(H,26,29). The number of anilines is 1. The first-order valence-corrected chi connectivity index (χ1v) is 11.8. The van der Waals surface area contributed by atoms with Crippen molar-refractivity contribution in [2.24, 2.45) is 0 Å². The SMILES string of the molecule is COc1ccc(-c2nc(C)c(-c3ccc(SCC(=O)Nc4ccc(C)cc4)nn3)s2)cc1. The molecule has 0 radical (unpaired) electrons. The molecule has 0 fully saturated rings. The van der Waals surface area contributed by atoms with E-state index in [1.54, 1.807) is 18.4 Å². The van der Waals surface area contributed by atoms with Crippen molar-refractivity contribution in [3.8, 4) is 26.9 Å². The van der Waals surface area contributed by atoms with Gasteiger partial charge in [0.05, 0.1) is 23.4 Å². The van der Waals surface area contributed by atoms with Gasteiger partial charge in [-0.2, -0.15) is 0 Å². The Morgan fingerprint density at radius 2 is 1.75 bits per heavy atom. The Hall–Kier alpha value is -3.23. The molecule has 0 saturated carbocycles. The third-order valence-corrected chi connectivity index (χ3v) is 6.84. The quantitative estimate of drug-likeness (QED) is 0.359. The molecular formula is C24H22N4O2S2. The Labute approximate surface area is 195 Å². The molecule has 0 aliphatic carbocycles. The van der Waals surface area contributed by atoms with Crippen molar-refractivity contribution in [3.63, 3.8) is 0 Å². The van der Waals surface area contributed by atoms with Gasteiger partial charge in [0, 0.05) is 11.3 Å². The molecule has 32 heavy (non-hydrogen) atoms. The van der Waals surface area contributed by atoms with E-state index >= 15 is 0 Å². The second kappa shape index (κ2) is 9.93. The summed E-state index contributed by atoms with van der Waals surface area (Å²) in [5, 5.41) is 13.2. The molecule has 2 heterocycles. The third-order valence-electron chi connectivity index (χ3n) is 4.69.